The summed E-state index contributed by atoms with van der Waals surface area (Å²) < 4.78 is 51.7. The number of nitrogens with zero attached hydrogens (tertiary/aromatic N) is 1. The molecule has 0 heterocycles. The van der Waals surface area contributed by atoms with Crippen molar-refractivity contribution in [3.63, 3.8) is 0 Å². The molecule has 34 heavy (non-hydrogen) atoms. The second-order valence-corrected chi connectivity index (χ2v) is 9.57. The second kappa shape index (κ2) is 10.6. The van der Waals surface area contributed by atoms with Gasteiger partial charge in [0.1, 0.15) is 12.4 Å². The van der Waals surface area contributed by atoms with Crippen LogP contribution in [-0.4, -0.2) is 35.1 Å². The number of benzene rings is 3. The van der Waals surface area contributed by atoms with E-state index in [-0.39, 0.29) is 4.90 Å². The molecule has 3 aromatic carbocycles. The fraction of sp³-hybridized carbons (Fsp3) is 0.240. The number of anilines is 1. The number of hydrogen-bond acceptors (Lipinski definition) is 5. The third kappa shape index (κ3) is 5.66. The number of carbonyl (C=O) groups is 1. The number of halogens is 1. The number of rotatable bonds is 9. The number of sulfonamides is 1. The lowest BCUT2D eigenvalue weighted by Crippen LogP contribution is -2.41. The normalized spacial score (nSPS) is 12.0. The van der Waals surface area contributed by atoms with E-state index in [1.165, 1.54) is 26.4 Å². The highest BCUT2D eigenvalue weighted by Crippen LogP contribution is 2.30. The molecule has 0 spiro atoms. The fourth-order valence-corrected chi connectivity index (χ4v) is 4.80. The van der Waals surface area contributed by atoms with E-state index < -0.39 is 34.3 Å². The first kappa shape index (κ1) is 25.0. The molecule has 0 aliphatic rings. The molecule has 0 aliphatic carbocycles. The van der Waals surface area contributed by atoms with E-state index in [0.717, 1.165) is 27.6 Å². The summed E-state index contributed by atoms with van der Waals surface area (Å²) in [5.41, 5.74) is 2.02. The molecule has 1 atom stereocenters. The van der Waals surface area contributed by atoms with Gasteiger partial charge < -0.3 is 14.8 Å². The van der Waals surface area contributed by atoms with Gasteiger partial charge >= 0.3 is 0 Å². The number of aryl methyl sites for hydroxylation is 1. The van der Waals surface area contributed by atoms with E-state index in [4.69, 9.17) is 9.47 Å². The molecule has 0 saturated carbocycles. The molecule has 180 valence electrons. The summed E-state index contributed by atoms with van der Waals surface area (Å²) in [7, 11) is -1.08. The maximum Gasteiger partial charge on any atom is 0.264 e. The number of hydrogen-bond donors (Lipinski definition) is 1. The van der Waals surface area contributed by atoms with Crippen LogP contribution < -0.4 is 19.1 Å². The molecule has 0 fully saturated rings. The summed E-state index contributed by atoms with van der Waals surface area (Å²) in [6.07, 6.45) is 0. The van der Waals surface area contributed by atoms with E-state index in [0.29, 0.717) is 17.2 Å². The maximum absolute atomic E-state index is 13.4. The highest BCUT2D eigenvalue weighted by molar-refractivity contribution is 7.92. The number of ether oxygens (including phenoxy) is 2. The molecule has 9 heteroatoms. The number of amides is 1. The molecule has 3 rings (SSSR count). The van der Waals surface area contributed by atoms with Gasteiger partial charge in [0, 0.05) is 0 Å². The predicted molar refractivity (Wildman–Crippen MR) is 128 cm³/mol. The van der Waals surface area contributed by atoms with Crippen molar-refractivity contribution in [2.24, 2.45) is 0 Å². The predicted octanol–water partition coefficient (Wildman–Crippen LogP) is 4.22. The van der Waals surface area contributed by atoms with Crippen LogP contribution in [0.4, 0.5) is 10.1 Å². The Morgan fingerprint density at radius 2 is 1.59 bits per heavy atom. The fourth-order valence-electron chi connectivity index (χ4n) is 3.38. The first-order chi connectivity index (χ1) is 16.1. The smallest absolute Gasteiger partial charge is 0.264 e. The van der Waals surface area contributed by atoms with Gasteiger partial charge in [0.2, 0.25) is 5.91 Å². The summed E-state index contributed by atoms with van der Waals surface area (Å²) >= 11 is 0. The van der Waals surface area contributed by atoms with Crippen molar-refractivity contribution in [1.82, 2.24) is 5.32 Å². The van der Waals surface area contributed by atoms with Crippen LogP contribution in [0.3, 0.4) is 0 Å². The van der Waals surface area contributed by atoms with Crippen LogP contribution in [-0.2, 0) is 14.8 Å². The van der Waals surface area contributed by atoms with Crippen LogP contribution in [0.15, 0.2) is 71.6 Å². The average molecular weight is 487 g/mol. The van der Waals surface area contributed by atoms with Gasteiger partial charge in [-0.15, -0.1) is 0 Å². The van der Waals surface area contributed by atoms with Gasteiger partial charge in [-0.25, -0.2) is 12.8 Å². The maximum atomic E-state index is 13.4. The number of methoxy groups -OCH3 is 2. The molecule has 0 aromatic heterocycles. The van der Waals surface area contributed by atoms with Crippen molar-refractivity contribution in [2.45, 2.75) is 24.8 Å². The van der Waals surface area contributed by atoms with Gasteiger partial charge in [-0.1, -0.05) is 23.8 Å². The summed E-state index contributed by atoms with van der Waals surface area (Å²) in [5.74, 6) is 0.0119. The van der Waals surface area contributed by atoms with Crippen molar-refractivity contribution in [2.75, 3.05) is 25.1 Å². The molecular weight excluding hydrogens is 459 g/mol. The van der Waals surface area contributed by atoms with Crippen molar-refractivity contribution < 1.29 is 27.1 Å². The van der Waals surface area contributed by atoms with Gasteiger partial charge in [0.05, 0.1) is 30.8 Å². The minimum atomic E-state index is -4.13. The van der Waals surface area contributed by atoms with Crippen molar-refractivity contribution in [3.8, 4) is 11.5 Å². The lowest BCUT2D eigenvalue weighted by atomic mass is 10.1. The quantitative estimate of drug-likeness (QED) is 0.490. The second-order valence-electron chi connectivity index (χ2n) is 7.70. The molecule has 3 aromatic rings. The molecule has 0 bridgehead atoms. The third-order valence-electron chi connectivity index (χ3n) is 5.30. The zero-order chi connectivity index (χ0) is 24.9. The largest absolute Gasteiger partial charge is 0.493 e. The SMILES string of the molecule is COc1ccc(C(C)NC(=O)CN(c2ccc(C)cc2)S(=O)(=O)c2ccc(F)cc2)cc1OC. The molecule has 0 aliphatic heterocycles. The standard InChI is InChI=1S/C25H27FN2O5S/c1-17-5-10-21(11-6-17)28(34(30,31)22-12-8-20(26)9-13-22)16-25(29)27-18(2)19-7-14-23(32-3)24(15-19)33-4/h5-15,18H,16H2,1-4H3,(H,27,29). The molecule has 1 unspecified atom stereocenters. The van der Waals surface area contributed by atoms with Gasteiger partial charge in [0.15, 0.2) is 11.5 Å². The highest BCUT2D eigenvalue weighted by atomic mass is 32.2. The van der Waals surface area contributed by atoms with Gasteiger partial charge in [-0.2, -0.15) is 0 Å². The zero-order valence-corrected chi connectivity index (χ0v) is 20.2. The summed E-state index contributed by atoms with van der Waals surface area (Å²) in [5, 5.41) is 2.83. The summed E-state index contributed by atoms with van der Waals surface area (Å²) in [6.45, 7) is 3.20. The van der Waals surface area contributed by atoms with Crippen LogP contribution in [0.5, 0.6) is 11.5 Å². The van der Waals surface area contributed by atoms with E-state index in [1.54, 1.807) is 49.4 Å². The molecule has 1 amide bonds. The van der Waals surface area contributed by atoms with E-state index >= 15 is 0 Å². The monoisotopic (exact) mass is 486 g/mol. The van der Waals surface area contributed by atoms with Crippen molar-refractivity contribution in [3.05, 3.63) is 83.7 Å². The minimum Gasteiger partial charge on any atom is -0.493 e. The Bertz CT molecular complexity index is 1250. The Morgan fingerprint density at radius 1 is 0.971 bits per heavy atom. The van der Waals surface area contributed by atoms with Crippen LogP contribution in [0.25, 0.3) is 0 Å². The zero-order valence-electron chi connectivity index (χ0n) is 19.4. The first-order valence-electron chi connectivity index (χ1n) is 10.5. The Kier molecular flexibility index (Phi) is 7.78. The van der Waals surface area contributed by atoms with Crippen molar-refractivity contribution >= 4 is 21.6 Å². The van der Waals surface area contributed by atoms with Crippen molar-refractivity contribution in [1.29, 1.82) is 0 Å². The number of nitrogens with one attached hydrogen (secondary N) is 1. The number of carbonyl (C=O) groups excluding carboxylic acids is 1. The van der Waals surface area contributed by atoms with Crippen LogP contribution in [0.1, 0.15) is 24.1 Å². The van der Waals surface area contributed by atoms with E-state index in [2.05, 4.69) is 5.32 Å². The van der Waals surface area contributed by atoms with Crippen LogP contribution in [0, 0.1) is 12.7 Å². The van der Waals surface area contributed by atoms with Crippen LogP contribution >= 0.6 is 0 Å². The van der Waals surface area contributed by atoms with Gasteiger partial charge in [-0.3, -0.25) is 9.10 Å². The lowest BCUT2D eigenvalue weighted by Gasteiger charge is -2.25. The minimum absolute atomic E-state index is 0.116. The highest BCUT2D eigenvalue weighted by Gasteiger charge is 2.28. The Balaban J connectivity index is 1.87. The molecule has 0 saturated heterocycles. The first-order valence-corrected chi connectivity index (χ1v) is 12.0. The Labute approximate surface area is 199 Å². The lowest BCUT2D eigenvalue weighted by molar-refractivity contribution is -0.120. The van der Waals surface area contributed by atoms with Gasteiger partial charge in [0.25, 0.3) is 10.0 Å². The summed E-state index contributed by atoms with van der Waals surface area (Å²) in [6, 6.07) is 16.1. The van der Waals surface area contributed by atoms with E-state index in [1.807, 2.05) is 6.92 Å². The topological polar surface area (TPSA) is 84.9 Å². The van der Waals surface area contributed by atoms with Crippen LogP contribution in [0.2, 0.25) is 0 Å². The average Bonchev–Trinajstić information content (AvgIpc) is 2.82. The van der Waals surface area contributed by atoms with Gasteiger partial charge in [-0.05, 0) is 67.9 Å². The Morgan fingerprint density at radius 3 is 2.18 bits per heavy atom. The molecular formula is C25H27FN2O5S. The molecule has 7 nitrogen and oxygen atoms in total. The Hall–Kier alpha value is -3.59. The van der Waals surface area contributed by atoms with E-state index in [9.17, 15) is 17.6 Å². The molecule has 1 N–H and O–H groups in total. The third-order valence-corrected chi connectivity index (χ3v) is 7.08. The molecule has 0 radical (unpaired) electrons. The summed E-state index contributed by atoms with van der Waals surface area (Å²) in [4.78, 5) is 12.8.